The molecule has 1 unspecified atom stereocenters. The van der Waals surface area contributed by atoms with E-state index in [0.29, 0.717) is 5.56 Å². The van der Waals surface area contributed by atoms with Gasteiger partial charge in [-0.05, 0) is 18.2 Å². The number of aromatic carboxylic acids is 1. The number of phenolic OH excluding ortho intramolecular Hbond substituents is 2. The molecule has 29 heavy (non-hydrogen) atoms. The lowest BCUT2D eigenvalue weighted by Crippen LogP contribution is -2.35. The summed E-state index contributed by atoms with van der Waals surface area (Å²) in [6.45, 7) is 0. The van der Waals surface area contributed by atoms with Gasteiger partial charge in [0.25, 0.3) is 0 Å². The predicted octanol–water partition coefficient (Wildman–Crippen LogP) is 3.50. The van der Waals surface area contributed by atoms with Crippen LogP contribution in [0, 0.1) is 5.82 Å². The molecule has 3 aromatic carbocycles. The van der Waals surface area contributed by atoms with Crippen molar-refractivity contribution in [2.75, 3.05) is 0 Å². The van der Waals surface area contributed by atoms with E-state index in [1.165, 1.54) is 24.3 Å². The van der Waals surface area contributed by atoms with E-state index in [9.17, 15) is 29.3 Å². The van der Waals surface area contributed by atoms with Gasteiger partial charge < -0.3 is 24.8 Å². The van der Waals surface area contributed by atoms with Crippen molar-refractivity contribution in [1.29, 1.82) is 0 Å². The second-order valence-electron chi connectivity index (χ2n) is 6.66. The molecule has 7 nitrogen and oxygen atoms in total. The second-order valence-corrected chi connectivity index (χ2v) is 6.66. The minimum atomic E-state index is -1.83. The summed E-state index contributed by atoms with van der Waals surface area (Å²) in [7, 11) is 0. The molecule has 144 valence electrons. The number of phenols is 2. The van der Waals surface area contributed by atoms with Crippen molar-refractivity contribution in [1.82, 2.24) is 0 Å². The third-order valence-electron chi connectivity index (χ3n) is 5.11. The van der Waals surface area contributed by atoms with Crippen LogP contribution in [0.4, 0.5) is 4.39 Å². The second kappa shape index (κ2) is 5.48. The van der Waals surface area contributed by atoms with Gasteiger partial charge in [0.05, 0.1) is 11.1 Å². The molecule has 1 spiro atoms. The van der Waals surface area contributed by atoms with Crippen LogP contribution in [-0.4, -0.2) is 27.3 Å². The first-order chi connectivity index (χ1) is 13.8. The molecule has 0 fully saturated rings. The number of carboxylic acids is 1. The average molecular weight is 394 g/mol. The van der Waals surface area contributed by atoms with Gasteiger partial charge in [-0.1, -0.05) is 18.2 Å². The van der Waals surface area contributed by atoms with E-state index in [-0.39, 0.29) is 33.9 Å². The monoisotopic (exact) mass is 394 g/mol. The number of benzene rings is 3. The average Bonchev–Trinajstić information content (AvgIpc) is 2.97. The van der Waals surface area contributed by atoms with Gasteiger partial charge in [0.15, 0.2) is 17.2 Å². The van der Waals surface area contributed by atoms with E-state index in [1.54, 1.807) is 18.2 Å². The maximum atomic E-state index is 14.7. The fourth-order valence-electron chi connectivity index (χ4n) is 3.99. The number of fused-ring (bicyclic) bond motifs is 6. The number of carbonyl (C=O) groups is 2. The van der Waals surface area contributed by atoms with Crippen LogP contribution in [-0.2, 0) is 10.3 Å². The Labute approximate surface area is 162 Å². The molecular formula is C21H11FO7. The van der Waals surface area contributed by atoms with Gasteiger partial charge in [0.2, 0.25) is 0 Å². The highest BCUT2D eigenvalue weighted by molar-refractivity contribution is 5.99. The Morgan fingerprint density at radius 2 is 1.76 bits per heavy atom. The zero-order chi connectivity index (χ0) is 20.5. The third kappa shape index (κ3) is 2.05. The highest BCUT2D eigenvalue weighted by Crippen LogP contribution is 2.58. The van der Waals surface area contributed by atoms with E-state index in [2.05, 4.69) is 0 Å². The van der Waals surface area contributed by atoms with Crippen molar-refractivity contribution < 1.29 is 38.8 Å². The minimum absolute atomic E-state index is 0.0735. The normalized spacial score (nSPS) is 18.4. The summed E-state index contributed by atoms with van der Waals surface area (Å²) in [5, 5.41) is 29.5. The molecule has 0 bridgehead atoms. The maximum absolute atomic E-state index is 14.7. The minimum Gasteiger partial charge on any atom is -0.508 e. The summed E-state index contributed by atoms with van der Waals surface area (Å²) < 4.78 is 26.1. The molecule has 2 aliphatic heterocycles. The predicted molar refractivity (Wildman–Crippen MR) is 94.9 cm³/mol. The topological polar surface area (TPSA) is 113 Å². The first kappa shape index (κ1) is 17.1. The standard InChI is InChI=1S/C21H11FO7/c22-18-13(24)8-15-17(16(18)19(25)26)21(12-6-5-9(23)7-14(12)28-15)11-4-2-1-3-10(11)20(27)29-21/h1-8,23-24H,(H,25,26). The van der Waals surface area contributed by atoms with Crippen molar-refractivity contribution in [3.05, 3.63) is 82.2 Å². The van der Waals surface area contributed by atoms with Crippen molar-refractivity contribution in [3.63, 3.8) is 0 Å². The lowest BCUT2D eigenvalue weighted by Gasteiger charge is -2.37. The maximum Gasteiger partial charge on any atom is 0.340 e. The Balaban J connectivity index is 1.99. The van der Waals surface area contributed by atoms with Crippen LogP contribution >= 0.6 is 0 Å². The molecule has 0 saturated carbocycles. The van der Waals surface area contributed by atoms with Crippen LogP contribution in [0.25, 0.3) is 0 Å². The molecule has 5 rings (SSSR count). The van der Waals surface area contributed by atoms with Crippen LogP contribution in [0.3, 0.4) is 0 Å². The molecule has 0 amide bonds. The number of aromatic hydroxyl groups is 2. The molecule has 3 aromatic rings. The fraction of sp³-hybridized carbons (Fsp3) is 0.0476. The number of carbonyl (C=O) groups excluding carboxylic acids is 1. The van der Waals surface area contributed by atoms with Crippen molar-refractivity contribution >= 4 is 11.9 Å². The van der Waals surface area contributed by atoms with E-state index in [4.69, 9.17) is 9.47 Å². The highest BCUT2D eigenvalue weighted by atomic mass is 19.1. The molecule has 3 N–H and O–H groups in total. The number of carboxylic acid groups (broad SMARTS) is 1. The summed E-state index contributed by atoms with van der Waals surface area (Å²) in [4.78, 5) is 24.6. The number of rotatable bonds is 1. The third-order valence-corrected chi connectivity index (χ3v) is 5.11. The molecule has 1 atom stereocenters. The van der Waals surface area contributed by atoms with Gasteiger partial charge >= 0.3 is 11.9 Å². The molecule has 8 heteroatoms. The van der Waals surface area contributed by atoms with Crippen LogP contribution < -0.4 is 4.74 Å². The molecule has 0 aliphatic carbocycles. The Morgan fingerprint density at radius 1 is 1.00 bits per heavy atom. The first-order valence-electron chi connectivity index (χ1n) is 8.48. The van der Waals surface area contributed by atoms with Crippen LogP contribution in [0.15, 0.2) is 48.5 Å². The van der Waals surface area contributed by atoms with Gasteiger partial charge in [-0.25, -0.2) is 14.0 Å². The lowest BCUT2D eigenvalue weighted by atomic mass is 9.75. The smallest absolute Gasteiger partial charge is 0.340 e. The number of ether oxygens (including phenoxy) is 2. The molecule has 0 radical (unpaired) electrons. The SMILES string of the molecule is O=C1OC2(c3ccc(O)cc3Oc3cc(O)c(F)c(C(=O)O)c32)c2ccccc21. The zero-order valence-electron chi connectivity index (χ0n) is 14.5. The van der Waals surface area contributed by atoms with Gasteiger partial charge in [0, 0.05) is 23.3 Å². The van der Waals surface area contributed by atoms with Crippen LogP contribution in [0.5, 0.6) is 23.0 Å². The Morgan fingerprint density at radius 3 is 2.52 bits per heavy atom. The van der Waals surface area contributed by atoms with E-state index in [1.807, 2.05) is 0 Å². The lowest BCUT2D eigenvalue weighted by molar-refractivity contribution is 0.0213. The van der Waals surface area contributed by atoms with Gasteiger partial charge in [0.1, 0.15) is 22.8 Å². The van der Waals surface area contributed by atoms with Crippen LogP contribution in [0.2, 0.25) is 0 Å². The fourth-order valence-corrected chi connectivity index (χ4v) is 3.99. The van der Waals surface area contributed by atoms with Crippen LogP contribution in [0.1, 0.15) is 37.4 Å². The largest absolute Gasteiger partial charge is 0.508 e. The van der Waals surface area contributed by atoms with E-state index < -0.39 is 34.7 Å². The number of esters is 1. The summed E-state index contributed by atoms with van der Waals surface area (Å²) in [5.41, 5.74) is -2.25. The zero-order valence-corrected chi connectivity index (χ0v) is 14.5. The summed E-state index contributed by atoms with van der Waals surface area (Å²) in [6, 6.07) is 11.2. The molecule has 2 aliphatic rings. The molecule has 2 heterocycles. The number of halogens is 1. The Bertz CT molecular complexity index is 1250. The number of hydrogen-bond donors (Lipinski definition) is 3. The highest BCUT2D eigenvalue weighted by Gasteiger charge is 2.56. The molecule has 0 aromatic heterocycles. The van der Waals surface area contributed by atoms with Crippen molar-refractivity contribution in [2.24, 2.45) is 0 Å². The molecular weight excluding hydrogens is 383 g/mol. The van der Waals surface area contributed by atoms with Gasteiger partial charge in [-0.2, -0.15) is 0 Å². The van der Waals surface area contributed by atoms with E-state index >= 15 is 0 Å². The van der Waals surface area contributed by atoms with Crippen molar-refractivity contribution in [2.45, 2.75) is 5.60 Å². The Kier molecular flexibility index (Phi) is 3.22. The first-order valence-corrected chi connectivity index (χ1v) is 8.48. The summed E-state index contributed by atoms with van der Waals surface area (Å²) in [5.74, 6) is -4.98. The van der Waals surface area contributed by atoms with E-state index in [0.717, 1.165) is 6.07 Å². The van der Waals surface area contributed by atoms with Crippen molar-refractivity contribution in [3.8, 4) is 23.0 Å². The van der Waals surface area contributed by atoms with Gasteiger partial charge in [-0.15, -0.1) is 0 Å². The Hall–Kier alpha value is -4.07. The summed E-state index contributed by atoms with van der Waals surface area (Å²) >= 11 is 0. The van der Waals surface area contributed by atoms with Gasteiger partial charge in [-0.3, -0.25) is 0 Å². The molecule has 0 saturated heterocycles. The number of hydrogen-bond acceptors (Lipinski definition) is 6. The quantitative estimate of drug-likeness (QED) is 0.541. The summed E-state index contributed by atoms with van der Waals surface area (Å²) in [6.07, 6.45) is 0.